The Labute approximate surface area is 127 Å². The van der Waals surface area contributed by atoms with Gasteiger partial charge in [0.05, 0.1) is 11.3 Å². The predicted molar refractivity (Wildman–Crippen MR) is 82.6 cm³/mol. The summed E-state index contributed by atoms with van der Waals surface area (Å²) >= 11 is 3.61. The molecule has 1 aromatic carbocycles. The van der Waals surface area contributed by atoms with Crippen LogP contribution in [0, 0.1) is 12.3 Å². The van der Waals surface area contributed by atoms with E-state index in [1.165, 1.54) is 12.8 Å². The largest absolute Gasteiger partial charge is 0.304 e. The molecule has 0 N–H and O–H groups in total. The minimum absolute atomic E-state index is 0.125. The highest BCUT2D eigenvalue weighted by molar-refractivity contribution is 9.09. The Morgan fingerprint density at radius 3 is 2.60 bits per heavy atom. The Balaban J connectivity index is 1.99. The summed E-state index contributed by atoms with van der Waals surface area (Å²) in [6.45, 7) is 2.62. The minimum atomic E-state index is -0.360. The van der Waals surface area contributed by atoms with Gasteiger partial charge in [0.2, 0.25) is 0 Å². The summed E-state index contributed by atoms with van der Waals surface area (Å²) in [6, 6.07) is 5.57. The summed E-state index contributed by atoms with van der Waals surface area (Å²) in [7, 11) is 0. The number of carbonyl (C=O) groups excluding carboxylic acids is 2. The molecule has 0 spiro atoms. The van der Waals surface area contributed by atoms with E-state index < -0.39 is 0 Å². The van der Waals surface area contributed by atoms with E-state index in [0.29, 0.717) is 12.1 Å². The summed E-state index contributed by atoms with van der Waals surface area (Å²) < 4.78 is 0. The van der Waals surface area contributed by atoms with Crippen molar-refractivity contribution in [2.75, 3.05) is 16.8 Å². The molecule has 4 heteroatoms. The number of nitrogens with zero attached hydrogens (tertiary/aromatic N) is 1. The zero-order valence-corrected chi connectivity index (χ0v) is 13.2. The molecule has 1 amide bonds. The molecule has 1 aromatic rings. The van der Waals surface area contributed by atoms with Crippen LogP contribution in [0.5, 0.6) is 0 Å². The van der Waals surface area contributed by atoms with E-state index in [4.69, 9.17) is 0 Å². The second kappa shape index (κ2) is 4.99. The smallest absolute Gasteiger partial charge is 0.299 e. The Bertz CT molecular complexity index is 576. The number of halogens is 1. The number of hydrogen-bond donors (Lipinski definition) is 0. The van der Waals surface area contributed by atoms with E-state index in [2.05, 4.69) is 15.9 Å². The van der Waals surface area contributed by atoms with Gasteiger partial charge in [-0.25, -0.2) is 0 Å². The number of alkyl halides is 1. The highest BCUT2D eigenvalue weighted by Crippen LogP contribution is 2.43. The van der Waals surface area contributed by atoms with Gasteiger partial charge in [-0.3, -0.25) is 9.59 Å². The van der Waals surface area contributed by atoms with Crippen molar-refractivity contribution < 1.29 is 9.59 Å². The van der Waals surface area contributed by atoms with Crippen molar-refractivity contribution in [3.05, 3.63) is 29.3 Å². The third kappa shape index (κ3) is 2.01. The number of para-hydroxylation sites is 1. The number of ketones is 1. The molecule has 1 saturated carbocycles. The monoisotopic (exact) mass is 335 g/mol. The van der Waals surface area contributed by atoms with Crippen LogP contribution in [0.1, 0.15) is 41.6 Å². The topological polar surface area (TPSA) is 37.4 Å². The fraction of sp³-hybridized carbons (Fsp3) is 0.500. The van der Waals surface area contributed by atoms with Gasteiger partial charge in [0.25, 0.3) is 11.7 Å². The van der Waals surface area contributed by atoms with Gasteiger partial charge >= 0.3 is 0 Å². The summed E-state index contributed by atoms with van der Waals surface area (Å²) in [5, 5.41) is 0.888. The van der Waals surface area contributed by atoms with Crippen LogP contribution >= 0.6 is 15.9 Å². The van der Waals surface area contributed by atoms with Crippen LogP contribution < -0.4 is 4.90 Å². The molecule has 0 unspecified atom stereocenters. The lowest BCUT2D eigenvalue weighted by Gasteiger charge is -2.32. The molecule has 3 nitrogen and oxygen atoms in total. The van der Waals surface area contributed by atoms with Crippen LogP contribution in [0.2, 0.25) is 0 Å². The molecule has 3 rings (SSSR count). The fourth-order valence-electron chi connectivity index (χ4n) is 3.49. The SMILES string of the molecule is Cc1cccc2c1N(CC1(CBr)CCCC1)C(=O)C2=O. The Kier molecular flexibility index (Phi) is 3.44. The molecule has 1 heterocycles. The van der Waals surface area contributed by atoms with E-state index in [0.717, 1.165) is 29.4 Å². The average Bonchev–Trinajstić information content (AvgIpc) is 3.00. The number of benzene rings is 1. The zero-order chi connectivity index (χ0) is 14.3. The van der Waals surface area contributed by atoms with Crippen molar-refractivity contribution in [2.24, 2.45) is 5.41 Å². The molecule has 1 aliphatic heterocycles. The quantitative estimate of drug-likeness (QED) is 0.626. The lowest BCUT2D eigenvalue weighted by molar-refractivity contribution is -0.114. The lowest BCUT2D eigenvalue weighted by atomic mass is 9.88. The first-order valence-electron chi connectivity index (χ1n) is 7.10. The molecule has 0 atom stereocenters. The van der Waals surface area contributed by atoms with Gasteiger partial charge in [0.1, 0.15) is 0 Å². The number of hydrogen-bond acceptors (Lipinski definition) is 2. The standard InChI is InChI=1S/C16H18BrNO2/c1-11-5-4-6-12-13(11)18(15(20)14(12)19)10-16(9-17)7-2-3-8-16/h4-6H,2-3,7-10H2,1H3. The van der Waals surface area contributed by atoms with E-state index in [-0.39, 0.29) is 17.1 Å². The van der Waals surface area contributed by atoms with E-state index >= 15 is 0 Å². The van der Waals surface area contributed by atoms with Gasteiger partial charge in [0.15, 0.2) is 0 Å². The van der Waals surface area contributed by atoms with Crippen molar-refractivity contribution in [1.82, 2.24) is 0 Å². The minimum Gasteiger partial charge on any atom is -0.304 e. The molecule has 0 saturated heterocycles. The maximum atomic E-state index is 12.3. The van der Waals surface area contributed by atoms with Crippen molar-refractivity contribution in [1.29, 1.82) is 0 Å². The number of carbonyl (C=O) groups is 2. The lowest BCUT2D eigenvalue weighted by Crippen LogP contribution is -2.40. The number of fused-ring (bicyclic) bond motifs is 1. The van der Waals surface area contributed by atoms with Gasteiger partial charge in [-0.05, 0) is 36.8 Å². The number of anilines is 1. The first-order valence-corrected chi connectivity index (χ1v) is 8.22. The summed E-state index contributed by atoms with van der Waals surface area (Å²) in [5.74, 6) is -0.715. The van der Waals surface area contributed by atoms with Crippen molar-refractivity contribution in [2.45, 2.75) is 32.6 Å². The van der Waals surface area contributed by atoms with Gasteiger partial charge in [0, 0.05) is 11.9 Å². The molecule has 0 aromatic heterocycles. The van der Waals surface area contributed by atoms with E-state index in [1.807, 2.05) is 19.1 Å². The summed E-state index contributed by atoms with van der Waals surface area (Å²) in [6.07, 6.45) is 4.67. The molecule has 1 aliphatic carbocycles. The molecule has 0 radical (unpaired) electrons. The first kappa shape index (κ1) is 13.8. The maximum absolute atomic E-state index is 12.3. The predicted octanol–water partition coefficient (Wildman–Crippen LogP) is 3.48. The third-order valence-corrected chi connectivity index (χ3v) is 5.82. The number of aryl methyl sites for hydroxylation is 1. The second-order valence-electron chi connectivity index (χ2n) is 6.03. The van der Waals surface area contributed by atoms with Crippen LogP contribution in [0.25, 0.3) is 0 Å². The second-order valence-corrected chi connectivity index (χ2v) is 6.59. The van der Waals surface area contributed by atoms with Gasteiger partial charge < -0.3 is 4.90 Å². The van der Waals surface area contributed by atoms with Gasteiger partial charge in [-0.1, -0.05) is 40.9 Å². The van der Waals surface area contributed by atoms with Gasteiger partial charge in [-0.15, -0.1) is 0 Å². The van der Waals surface area contributed by atoms with E-state index in [1.54, 1.807) is 11.0 Å². The van der Waals surface area contributed by atoms with Crippen LogP contribution in [-0.4, -0.2) is 23.6 Å². The van der Waals surface area contributed by atoms with Crippen LogP contribution in [0.4, 0.5) is 5.69 Å². The zero-order valence-electron chi connectivity index (χ0n) is 11.6. The molecule has 1 fully saturated rings. The fourth-order valence-corrected chi connectivity index (χ4v) is 4.22. The summed E-state index contributed by atoms with van der Waals surface area (Å²) in [4.78, 5) is 26.2. The van der Waals surface area contributed by atoms with Gasteiger partial charge in [-0.2, -0.15) is 0 Å². The highest BCUT2D eigenvalue weighted by Gasteiger charge is 2.42. The van der Waals surface area contributed by atoms with Crippen LogP contribution in [0.3, 0.4) is 0 Å². The maximum Gasteiger partial charge on any atom is 0.299 e. The Morgan fingerprint density at radius 2 is 1.95 bits per heavy atom. The first-order chi connectivity index (χ1) is 9.58. The summed E-state index contributed by atoms with van der Waals surface area (Å²) in [5.41, 5.74) is 2.52. The molecule has 106 valence electrons. The number of rotatable bonds is 3. The third-order valence-electron chi connectivity index (χ3n) is 4.63. The van der Waals surface area contributed by atoms with E-state index in [9.17, 15) is 9.59 Å². The number of amides is 1. The van der Waals surface area contributed by atoms with Crippen molar-refractivity contribution >= 4 is 33.3 Å². The molecule has 0 bridgehead atoms. The normalized spacial score (nSPS) is 20.6. The molecular weight excluding hydrogens is 318 g/mol. The van der Waals surface area contributed by atoms with Crippen LogP contribution in [-0.2, 0) is 4.79 Å². The van der Waals surface area contributed by atoms with Crippen LogP contribution in [0.15, 0.2) is 18.2 Å². The molecule has 20 heavy (non-hydrogen) atoms. The molecule has 2 aliphatic rings. The van der Waals surface area contributed by atoms with Crippen molar-refractivity contribution in [3.63, 3.8) is 0 Å². The average molecular weight is 336 g/mol. The molecular formula is C16H18BrNO2. The Morgan fingerprint density at radius 1 is 1.25 bits per heavy atom. The Hall–Kier alpha value is -1.16. The highest BCUT2D eigenvalue weighted by atomic mass is 79.9. The number of Topliss-reactive ketones (excluding diaryl/α,β-unsaturated/α-hetero) is 1. The van der Waals surface area contributed by atoms with Crippen molar-refractivity contribution in [3.8, 4) is 0 Å².